The fourth-order valence-corrected chi connectivity index (χ4v) is 2.38. The second-order valence-electron chi connectivity index (χ2n) is 4.73. The van der Waals surface area contributed by atoms with Gasteiger partial charge in [0.1, 0.15) is 5.82 Å². The van der Waals surface area contributed by atoms with Crippen molar-refractivity contribution in [1.82, 2.24) is 5.32 Å². The van der Waals surface area contributed by atoms with Crippen molar-refractivity contribution in [3.8, 4) is 0 Å². The summed E-state index contributed by atoms with van der Waals surface area (Å²) in [5, 5.41) is 3.48. The molecule has 1 aromatic carbocycles. The Hall–Kier alpha value is -0.450. The van der Waals surface area contributed by atoms with Crippen LogP contribution in [0.2, 0.25) is 0 Å². The highest BCUT2D eigenvalue weighted by Gasteiger charge is 2.12. The molecule has 108 valence electrons. The van der Waals surface area contributed by atoms with Crippen LogP contribution in [0.15, 0.2) is 22.7 Å². The van der Waals surface area contributed by atoms with Gasteiger partial charge in [-0.05, 0) is 49.9 Å². The molecule has 1 unspecified atom stereocenters. The summed E-state index contributed by atoms with van der Waals surface area (Å²) in [6.45, 7) is 3.86. The minimum Gasteiger partial charge on any atom is -0.385 e. The zero-order valence-corrected chi connectivity index (χ0v) is 13.3. The Kier molecular flexibility index (Phi) is 8.26. The first-order valence-corrected chi connectivity index (χ1v) is 7.63. The smallest absolute Gasteiger partial charge is 0.127 e. The first-order chi connectivity index (χ1) is 9.17. The Morgan fingerprint density at radius 1 is 1.42 bits per heavy atom. The van der Waals surface area contributed by atoms with Gasteiger partial charge in [-0.25, -0.2) is 4.39 Å². The molecule has 0 bridgehead atoms. The van der Waals surface area contributed by atoms with Crippen LogP contribution >= 0.6 is 15.9 Å². The van der Waals surface area contributed by atoms with Crippen LogP contribution in [0.4, 0.5) is 4.39 Å². The molecule has 1 N–H and O–H groups in total. The standard InChI is InChI=1S/C15H23BrFNO/c1-3-8-18-14(5-4-9-19-2)10-12-6-7-13(16)11-15(12)17/h6-7,11,14,18H,3-5,8-10H2,1-2H3. The van der Waals surface area contributed by atoms with Crippen LogP contribution in [-0.2, 0) is 11.2 Å². The maximum atomic E-state index is 13.8. The fourth-order valence-electron chi connectivity index (χ4n) is 2.05. The van der Waals surface area contributed by atoms with Crippen LogP contribution in [0.1, 0.15) is 31.7 Å². The van der Waals surface area contributed by atoms with Gasteiger partial charge in [0.25, 0.3) is 0 Å². The molecule has 0 fully saturated rings. The van der Waals surface area contributed by atoms with E-state index in [4.69, 9.17) is 4.74 Å². The van der Waals surface area contributed by atoms with Gasteiger partial charge in [-0.1, -0.05) is 28.9 Å². The van der Waals surface area contributed by atoms with Gasteiger partial charge in [0, 0.05) is 24.2 Å². The van der Waals surface area contributed by atoms with Crippen LogP contribution in [0.5, 0.6) is 0 Å². The Labute approximate surface area is 123 Å². The molecule has 1 atom stereocenters. The number of benzene rings is 1. The van der Waals surface area contributed by atoms with Crippen LogP contribution in [0.25, 0.3) is 0 Å². The maximum Gasteiger partial charge on any atom is 0.127 e. The Balaban J connectivity index is 2.58. The summed E-state index contributed by atoms with van der Waals surface area (Å²) >= 11 is 3.28. The molecular weight excluding hydrogens is 309 g/mol. The third-order valence-corrected chi connectivity index (χ3v) is 3.56. The number of hydrogen-bond acceptors (Lipinski definition) is 2. The number of methoxy groups -OCH3 is 1. The van der Waals surface area contributed by atoms with E-state index < -0.39 is 0 Å². The normalized spacial score (nSPS) is 12.6. The summed E-state index contributed by atoms with van der Waals surface area (Å²) in [6.07, 6.45) is 3.81. The van der Waals surface area contributed by atoms with E-state index in [1.807, 2.05) is 12.1 Å². The summed E-state index contributed by atoms with van der Waals surface area (Å²) < 4.78 is 19.7. The monoisotopic (exact) mass is 331 g/mol. The summed E-state index contributed by atoms with van der Waals surface area (Å²) in [5.41, 5.74) is 0.772. The van der Waals surface area contributed by atoms with Crippen molar-refractivity contribution < 1.29 is 9.13 Å². The van der Waals surface area contributed by atoms with Crippen molar-refractivity contribution in [1.29, 1.82) is 0 Å². The third-order valence-electron chi connectivity index (χ3n) is 3.07. The van der Waals surface area contributed by atoms with Gasteiger partial charge in [0.2, 0.25) is 0 Å². The van der Waals surface area contributed by atoms with Crippen molar-refractivity contribution in [2.24, 2.45) is 0 Å². The second-order valence-corrected chi connectivity index (χ2v) is 5.64. The highest BCUT2D eigenvalue weighted by molar-refractivity contribution is 9.10. The van der Waals surface area contributed by atoms with Crippen LogP contribution in [-0.4, -0.2) is 26.3 Å². The lowest BCUT2D eigenvalue weighted by Gasteiger charge is -2.19. The fraction of sp³-hybridized carbons (Fsp3) is 0.600. The lowest BCUT2D eigenvalue weighted by Crippen LogP contribution is -2.32. The van der Waals surface area contributed by atoms with E-state index in [9.17, 15) is 4.39 Å². The zero-order chi connectivity index (χ0) is 14.1. The molecule has 1 rings (SSSR count). The topological polar surface area (TPSA) is 21.3 Å². The maximum absolute atomic E-state index is 13.8. The summed E-state index contributed by atoms with van der Waals surface area (Å²) in [4.78, 5) is 0. The van der Waals surface area contributed by atoms with E-state index in [-0.39, 0.29) is 5.82 Å². The lowest BCUT2D eigenvalue weighted by atomic mass is 10.0. The Morgan fingerprint density at radius 2 is 2.21 bits per heavy atom. The first kappa shape index (κ1) is 16.6. The second kappa shape index (κ2) is 9.45. The van der Waals surface area contributed by atoms with Gasteiger partial charge in [-0.3, -0.25) is 0 Å². The molecule has 0 spiro atoms. The third kappa shape index (κ3) is 6.50. The van der Waals surface area contributed by atoms with Gasteiger partial charge in [0.05, 0.1) is 0 Å². The molecule has 19 heavy (non-hydrogen) atoms. The molecule has 1 aromatic rings. The predicted octanol–water partition coefficient (Wildman–Crippen LogP) is 3.93. The summed E-state index contributed by atoms with van der Waals surface area (Å²) in [6, 6.07) is 5.59. The number of hydrogen-bond donors (Lipinski definition) is 1. The number of rotatable bonds is 9. The highest BCUT2D eigenvalue weighted by Crippen LogP contribution is 2.17. The van der Waals surface area contributed by atoms with Crippen molar-refractivity contribution in [2.75, 3.05) is 20.3 Å². The SMILES string of the molecule is CCCNC(CCCOC)Cc1ccc(Br)cc1F. The Morgan fingerprint density at radius 3 is 2.84 bits per heavy atom. The molecule has 0 saturated heterocycles. The molecule has 0 aliphatic rings. The van der Waals surface area contributed by atoms with Crippen molar-refractivity contribution in [2.45, 2.75) is 38.6 Å². The minimum atomic E-state index is -0.135. The van der Waals surface area contributed by atoms with Crippen molar-refractivity contribution in [3.63, 3.8) is 0 Å². The number of nitrogens with one attached hydrogen (secondary N) is 1. The van der Waals surface area contributed by atoms with Crippen molar-refractivity contribution >= 4 is 15.9 Å². The van der Waals surface area contributed by atoms with Gasteiger partial charge in [-0.15, -0.1) is 0 Å². The minimum absolute atomic E-state index is 0.135. The zero-order valence-electron chi connectivity index (χ0n) is 11.7. The van der Waals surface area contributed by atoms with Gasteiger partial charge in [-0.2, -0.15) is 0 Å². The van der Waals surface area contributed by atoms with Gasteiger partial charge < -0.3 is 10.1 Å². The van der Waals surface area contributed by atoms with E-state index in [0.717, 1.165) is 48.9 Å². The van der Waals surface area contributed by atoms with E-state index in [2.05, 4.69) is 28.2 Å². The quantitative estimate of drug-likeness (QED) is 0.692. The molecule has 0 radical (unpaired) electrons. The first-order valence-electron chi connectivity index (χ1n) is 6.83. The molecule has 4 heteroatoms. The molecule has 0 aliphatic carbocycles. The predicted molar refractivity (Wildman–Crippen MR) is 81.0 cm³/mol. The van der Waals surface area contributed by atoms with Crippen molar-refractivity contribution in [3.05, 3.63) is 34.1 Å². The van der Waals surface area contributed by atoms with Gasteiger partial charge in [0.15, 0.2) is 0 Å². The highest BCUT2D eigenvalue weighted by atomic mass is 79.9. The molecular formula is C15H23BrFNO. The molecule has 0 aliphatic heterocycles. The molecule has 0 amide bonds. The summed E-state index contributed by atoms with van der Waals surface area (Å²) in [7, 11) is 1.71. The van der Waals surface area contributed by atoms with Crippen LogP contribution in [0, 0.1) is 5.82 Å². The molecule has 0 aromatic heterocycles. The molecule has 0 heterocycles. The average molecular weight is 332 g/mol. The van der Waals surface area contributed by atoms with E-state index in [0.29, 0.717) is 6.04 Å². The van der Waals surface area contributed by atoms with E-state index in [1.165, 1.54) is 6.07 Å². The Bertz CT molecular complexity index is 373. The lowest BCUT2D eigenvalue weighted by molar-refractivity contribution is 0.188. The van der Waals surface area contributed by atoms with Gasteiger partial charge >= 0.3 is 0 Å². The molecule has 2 nitrogen and oxygen atoms in total. The largest absolute Gasteiger partial charge is 0.385 e. The van der Waals surface area contributed by atoms with E-state index >= 15 is 0 Å². The molecule has 0 saturated carbocycles. The number of ether oxygens (including phenoxy) is 1. The number of halogens is 2. The summed E-state index contributed by atoms with van der Waals surface area (Å²) in [5.74, 6) is -0.135. The van der Waals surface area contributed by atoms with Crippen LogP contribution in [0.3, 0.4) is 0 Å². The van der Waals surface area contributed by atoms with Crippen LogP contribution < -0.4 is 5.32 Å². The van der Waals surface area contributed by atoms with E-state index in [1.54, 1.807) is 7.11 Å². The average Bonchev–Trinajstić information content (AvgIpc) is 2.39.